The maximum Gasteiger partial charge on any atom is 0.196 e. The molecule has 86 valence electrons. The number of hydrogen-bond acceptors (Lipinski definition) is 3. The van der Waals surface area contributed by atoms with Gasteiger partial charge in [-0.15, -0.1) is 10.2 Å². The molecule has 0 aliphatic carbocycles. The van der Waals surface area contributed by atoms with Gasteiger partial charge in [0.05, 0.1) is 0 Å². The molecule has 0 bridgehead atoms. The molecule has 0 amide bonds. The topological polar surface area (TPSA) is 30.7 Å². The highest BCUT2D eigenvalue weighted by Gasteiger charge is 2.23. The quantitative estimate of drug-likeness (QED) is 0.733. The van der Waals surface area contributed by atoms with Crippen LogP contribution in [0.1, 0.15) is 5.56 Å². The van der Waals surface area contributed by atoms with Crippen LogP contribution in [0, 0.1) is 6.92 Å². The second kappa shape index (κ2) is 4.45. The number of benzene rings is 1. The van der Waals surface area contributed by atoms with Gasteiger partial charge < -0.3 is 0 Å². The SMILES string of the molecule is Cc1ccc(-c2nnc3n2/C(=C/I)CS3)cc1. The number of halogens is 1. The Kier molecular flexibility index (Phi) is 2.96. The summed E-state index contributed by atoms with van der Waals surface area (Å²) in [5, 5.41) is 9.50. The monoisotopic (exact) mass is 355 g/mol. The van der Waals surface area contributed by atoms with E-state index in [-0.39, 0.29) is 0 Å². The van der Waals surface area contributed by atoms with Crippen LogP contribution in [0.25, 0.3) is 17.1 Å². The Bertz CT molecular complexity index is 586. The molecule has 1 aromatic heterocycles. The Morgan fingerprint density at radius 3 is 2.76 bits per heavy atom. The Hall–Kier alpha value is -0.820. The molecule has 0 N–H and O–H groups in total. The third-order valence-electron chi connectivity index (χ3n) is 2.71. The highest BCUT2D eigenvalue weighted by Crippen LogP contribution is 2.36. The number of nitrogens with zero attached hydrogens (tertiary/aromatic N) is 3. The van der Waals surface area contributed by atoms with Crippen LogP contribution in [0.3, 0.4) is 0 Å². The summed E-state index contributed by atoms with van der Waals surface area (Å²) >= 11 is 4.01. The Morgan fingerprint density at radius 2 is 2.06 bits per heavy atom. The van der Waals surface area contributed by atoms with Crippen molar-refractivity contribution in [3.8, 4) is 11.4 Å². The Morgan fingerprint density at radius 1 is 1.29 bits per heavy atom. The fourth-order valence-electron chi connectivity index (χ4n) is 1.80. The van der Waals surface area contributed by atoms with Crippen LogP contribution in [0.15, 0.2) is 33.5 Å². The summed E-state index contributed by atoms with van der Waals surface area (Å²) in [5.74, 6) is 1.92. The van der Waals surface area contributed by atoms with Gasteiger partial charge in [-0.05, 0) is 11.0 Å². The van der Waals surface area contributed by atoms with Gasteiger partial charge in [0.25, 0.3) is 0 Å². The molecule has 0 unspecified atom stereocenters. The number of aryl methyl sites for hydroxylation is 1. The van der Waals surface area contributed by atoms with Gasteiger partial charge in [0.1, 0.15) is 0 Å². The van der Waals surface area contributed by atoms with Crippen LogP contribution >= 0.6 is 34.4 Å². The molecule has 2 aromatic rings. The summed E-state index contributed by atoms with van der Waals surface area (Å²) in [7, 11) is 0. The molecule has 3 nitrogen and oxygen atoms in total. The summed E-state index contributed by atoms with van der Waals surface area (Å²) in [4.78, 5) is 0. The summed E-state index contributed by atoms with van der Waals surface area (Å²) < 4.78 is 4.24. The zero-order chi connectivity index (χ0) is 11.8. The first-order valence-corrected chi connectivity index (χ1v) is 7.47. The van der Waals surface area contributed by atoms with Crippen LogP contribution in [0.2, 0.25) is 0 Å². The lowest BCUT2D eigenvalue weighted by atomic mass is 10.1. The average Bonchev–Trinajstić information content (AvgIpc) is 2.91. The predicted molar refractivity (Wildman–Crippen MR) is 79.2 cm³/mol. The predicted octanol–water partition coefficient (Wildman–Crippen LogP) is 3.59. The summed E-state index contributed by atoms with van der Waals surface area (Å²) in [6, 6.07) is 8.40. The molecule has 0 saturated carbocycles. The molecule has 0 fully saturated rings. The van der Waals surface area contributed by atoms with Gasteiger partial charge in [-0.25, -0.2) is 0 Å². The van der Waals surface area contributed by atoms with Crippen molar-refractivity contribution in [1.29, 1.82) is 0 Å². The molecule has 3 rings (SSSR count). The first kappa shape index (κ1) is 11.3. The fourth-order valence-corrected chi connectivity index (χ4v) is 3.51. The van der Waals surface area contributed by atoms with E-state index in [1.54, 1.807) is 11.8 Å². The zero-order valence-corrected chi connectivity index (χ0v) is 12.2. The van der Waals surface area contributed by atoms with E-state index in [0.29, 0.717) is 0 Å². The normalized spacial score (nSPS) is 16.5. The minimum absolute atomic E-state index is 0.938. The van der Waals surface area contributed by atoms with Crippen LogP contribution in [-0.2, 0) is 0 Å². The smallest absolute Gasteiger partial charge is 0.196 e. The molecule has 1 aromatic carbocycles. The highest BCUT2D eigenvalue weighted by atomic mass is 127. The van der Waals surface area contributed by atoms with Crippen molar-refractivity contribution in [1.82, 2.24) is 14.8 Å². The van der Waals surface area contributed by atoms with Gasteiger partial charge in [0.2, 0.25) is 0 Å². The molecule has 2 heterocycles. The molecule has 5 heteroatoms. The van der Waals surface area contributed by atoms with E-state index in [1.807, 2.05) is 0 Å². The van der Waals surface area contributed by atoms with Crippen molar-refractivity contribution in [3.63, 3.8) is 0 Å². The molecule has 0 saturated heterocycles. The van der Waals surface area contributed by atoms with Crippen LogP contribution in [-0.4, -0.2) is 20.5 Å². The number of thioether (sulfide) groups is 1. The summed E-state index contributed by atoms with van der Waals surface area (Å²) in [6.45, 7) is 2.09. The lowest BCUT2D eigenvalue weighted by Gasteiger charge is -2.04. The first-order chi connectivity index (χ1) is 8.29. The molecule has 0 radical (unpaired) electrons. The molecule has 17 heavy (non-hydrogen) atoms. The minimum atomic E-state index is 0.938. The first-order valence-electron chi connectivity index (χ1n) is 5.24. The average molecular weight is 355 g/mol. The third-order valence-corrected chi connectivity index (χ3v) is 4.39. The van der Waals surface area contributed by atoms with Crippen LogP contribution in [0.5, 0.6) is 0 Å². The van der Waals surface area contributed by atoms with Crippen LogP contribution < -0.4 is 0 Å². The molecule has 0 spiro atoms. The van der Waals surface area contributed by atoms with Crippen molar-refractivity contribution in [2.24, 2.45) is 0 Å². The lowest BCUT2D eigenvalue weighted by molar-refractivity contribution is 0.922. The van der Waals surface area contributed by atoms with Gasteiger partial charge in [-0.1, -0.05) is 64.2 Å². The largest absolute Gasteiger partial charge is 0.273 e. The van der Waals surface area contributed by atoms with E-state index < -0.39 is 0 Å². The van der Waals surface area contributed by atoms with E-state index in [0.717, 1.165) is 22.3 Å². The highest BCUT2D eigenvalue weighted by molar-refractivity contribution is 14.1. The van der Waals surface area contributed by atoms with Gasteiger partial charge in [-0.3, -0.25) is 4.57 Å². The van der Waals surface area contributed by atoms with E-state index in [9.17, 15) is 0 Å². The van der Waals surface area contributed by atoms with Gasteiger partial charge in [0.15, 0.2) is 11.0 Å². The molecule has 1 aliphatic heterocycles. The minimum Gasteiger partial charge on any atom is -0.273 e. The van der Waals surface area contributed by atoms with E-state index in [2.05, 4.69) is 72.6 Å². The van der Waals surface area contributed by atoms with Gasteiger partial charge >= 0.3 is 0 Å². The van der Waals surface area contributed by atoms with Crippen molar-refractivity contribution in [2.45, 2.75) is 12.1 Å². The molecular weight excluding hydrogens is 345 g/mol. The standard InChI is InChI=1S/C12H10IN3S/c1-8-2-4-9(5-3-8)11-14-15-12-16(11)10(6-13)7-17-12/h2-6H,7H2,1H3/b10-6+. The van der Waals surface area contributed by atoms with E-state index in [4.69, 9.17) is 0 Å². The van der Waals surface area contributed by atoms with Crippen LogP contribution in [0.4, 0.5) is 0 Å². The maximum atomic E-state index is 4.28. The van der Waals surface area contributed by atoms with E-state index in [1.165, 1.54) is 11.3 Å². The van der Waals surface area contributed by atoms with Gasteiger partial charge in [0, 0.05) is 17.0 Å². The lowest BCUT2D eigenvalue weighted by Crippen LogP contribution is -1.96. The maximum absolute atomic E-state index is 4.28. The number of aromatic nitrogens is 3. The summed E-state index contributed by atoms with van der Waals surface area (Å²) in [6.07, 6.45) is 0. The molecular formula is C12H10IN3S. The third kappa shape index (κ3) is 1.91. The number of fused-ring (bicyclic) bond motifs is 1. The summed E-state index contributed by atoms with van der Waals surface area (Å²) in [5.41, 5.74) is 3.63. The second-order valence-corrected chi connectivity index (χ2v) is 5.46. The van der Waals surface area contributed by atoms with Crippen molar-refractivity contribution in [3.05, 3.63) is 33.9 Å². The Balaban J connectivity index is 2.14. The Labute approximate surface area is 117 Å². The number of rotatable bonds is 1. The fraction of sp³-hybridized carbons (Fsp3) is 0.167. The molecule has 1 aliphatic rings. The van der Waals surface area contributed by atoms with Gasteiger partial charge in [-0.2, -0.15) is 0 Å². The second-order valence-electron chi connectivity index (χ2n) is 3.90. The zero-order valence-electron chi connectivity index (χ0n) is 9.22. The van der Waals surface area contributed by atoms with Crippen molar-refractivity contribution < 1.29 is 0 Å². The number of hydrogen-bond donors (Lipinski definition) is 0. The molecule has 0 atom stereocenters. The van der Waals surface area contributed by atoms with E-state index >= 15 is 0 Å². The van der Waals surface area contributed by atoms with Crippen molar-refractivity contribution in [2.75, 3.05) is 5.75 Å². The van der Waals surface area contributed by atoms with Crippen molar-refractivity contribution >= 4 is 40.0 Å².